The van der Waals surface area contributed by atoms with Gasteiger partial charge in [-0.25, -0.2) is 0 Å². The summed E-state index contributed by atoms with van der Waals surface area (Å²) in [6, 6.07) is 93.2. The van der Waals surface area contributed by atoms with Crippen LogP contribution in [0.4, 0.5) is 22.7 Å². The number of methoxy groups -OCH3 is 4. The van der Waals surface area contributed by atoms with E-state index in [-0.39, 0.29) is 73.2 Å². The van der Waals surface area contributed by atoms with Crippen molar-refractivity contribution >= 4 is 93.8 Å². The van der Waals surface area contributed by atoms with Crippen LogP contribution < -0.4 is 59.2 Å². The number of carbonyl (C=O) groups is 8. The summed E-state index contributed by atoms with van der Waals surface area (Å²) in [5.74, 6) is 3.92. The monoisotopic (exact) mass is 1550 g/mol. The standard InChI is InChI=1S/4C24H21NO4/c4*1-28-21-14-10-20(11-15-21)25-24(27)17-29-22-12-7-18(8-13-22)9-16-23(26)19-5-3-2-4-6-19/h4*2-16H,17H2,1H3,(H,25,27)/b4*16-9+. The van der Waals surface area contributed by atoms with Crippen LogP contribution in [0.2, 0.25) is 0 Å². The average Bonchev–Trinajstić information content (AvgIpc) is 0.892. The van der Waals surface area contributed by atoms with Crippen molar-refractivity contribution in [3.05, 3.63) is 384 Å². The summed E-state index contributed by atoms with van der Waals surface area (Å²) in [6.07, 6.45) is 13.1. The van der Waals surface area contributed by atoms with Gasteiger partial charge in [-0.1, -0.05) is 194 Å². The first kappa shape index (κ1) is 84.6. The van der Waals surface area contributed by atoms with Gasteiger partial charge in [-0.15, -0.1) is 0 Å². The number of benzene rings is 12. The quantitative estimate of drug-likeness (QED) is 0.0226. The molecule has 0 spiro atoms. The van der Waals surface area contributed by atoms with Crippen LogP contribution in [0.1, 0.15) is 63.7 Å². The van der Waals surface area contributed by atoms with Crippen molar-refractivity contribution in [2.75, 3.05) is 76.1 Å². The van der Waals surface area contributed by atoms with E-state index in [1.54, 1.807) is 247 Å². The van der Waals surface area contributed by atoms with Gasteiger partial charge in [0.1, 0.15) is 46.0 Å². The zero-order valence-corrected chi connectivity index (χ0v) is 64.0. The van der Waals surface area contributed by atoms with E-state index in [0.717, 1.165) is 45.3 Å². The highest BCUT2D eigenvalue weighted by Gasteiger charge is 2.11. The minimum Gasteiger partial charge on any atom is -0.497 e. The second-order valence-corrected chi connectivity index (χ2v) is 24.8. The molecular weight excluding hydrogens is 1470 g/mol. The second kappa shape index (κ2) is 46.3. The van der Waals surface area contributed by atoms with Crippen molar-refractivity contribution in [2.24, 2.45) is 0 Å². The molecule has 0 radical (unpaired) electrons. The minimum atomic E-state index is -0.257. The maximum absolute atomic E-state index is 12.1. The Hall–Kier alpha value is -15.4. The Bertz CT molecular complexity index is 4580. The fourth-order valence-corrected chi connectivity index (χ4v) is 10.3. The predicted octanol–water partition coefficient (Wildman–Crippen LogP) is 18.4. The molecule has 0 aliphatic carbocycles. The number of hydrogen-bond acceptors (Lipinski definition) is 16. The SMILES string of the molecule is COc1ccc(NC(=O)COc2ccc(/C=C/C(=O)c3ccccc3)cc2)cc1.COc1ccc(NC(=O)COc2ccc(/C=C/C(=O)c3ccccc3)cc2)cc1.COc1ccc(NC(=O)COc2ccc(/C=C/C(=O)c3ccccc3)cc2)cc1.COc1ccc(NC(=O)COc2ccc(/C=C/C(=O)c3ccccc3)cc2)cc1. The first-order valence-electron chi connectivity index (χ1n) is 36.3. The van der Waals surface area contributed by atoms with Crippen LogP contribution in [-0.4, -0.2) is 102 Å². The molecule has 12 rings (SSSR count). The van der Waals surface area contributed by atoms with E-state index >= 15 is 0 Å². The molecule has 20 nitrogen and oxygen atoms in total. The first-order chi connectivity index (χ1) is 56.5. The van der Waals surface area contributed by atoms with Gasteiger partial charge in [-0.05, 0) is 192 Å². The molecule has 20 heteroatoms. The smallest absolute Gasteiger partial charge is 0.262 e. The largest absolute Gasteiger partial charge is 0.497 e. The number of nitrogens with one attached hydrogen (secondary N) is 4. The molecule has 0 saturated carbocycles. The zero-order chi connectivity index (χ0) is 81.9. The number of allylic oxidation sites excluding steroid dienone is 4. The van der Waals surface area contributed by atoms with Gasteiger partial charge in [0.25, 0.3) is 23.6 Å². The highest BCUT2D eigenvalue weighted by molar-refractivity contribution is 6.09. The summed E-state index contributed by atoms with van der Waals surface area (Å²) in [7, 11) is 6.35. The summed E-state index contributed by atoms with van der Waals surface area (Å²) in [5.41, 5.74) is 8.72. The Morgan fingerprint density at radius 3 is 0.543 bits per heavy atom. The Labute approximate surface area is 672 Å². The normalized spacial score (nSPS) is 10.5. The molecule has 4 amide bonds. The highest BCUT2D eigenvalue weighted by Crippen LogP contribution is 2.23. The maximum atomic E-state index is 12.1. The van der Waals surface area contributed by atoms with Gasteiger partial charge in [-0.2, -0.15) is 0 Å². The minimum absolute atomic E-state index is 0.0545. The van der Waals surface area contributed by atoms with Crippen LogP contribution in [-0.2, 0) is 19.2 Å². The summed E-state index contributed by atoms with van der Waals surface area (Å²) >= 11 is 0. The molecule has 0 unspecified atom stereocenters. The molecule has 0 bridgehead atoms. The molecule has 0 saturated heterocycles. The summed E-state index contributed by atoms with van der Waals surface area (Å²) in [4.78, 5) is 96.4. The van der Waals surface area contributed by atoms with E-state index in [9.17, 15) is 38.4 Å². The lowest BCUT2D eigenvalue weighted by molar-refractivity contribution is -0.118. The third kappa shape index (κ3) is 30.1. The van der Waals surface area contributed by atoms with E-state index in [1.807, 2.05) is 121 Å². The number of carbonyl (C=O) groups excluding carboxylic acids is 8. The fourth-order valence-electron chi connectivity index (χ4n) is 10.3. The number of ether oxygens (including phenoxy) is 8. The molecule has 12 aromatic rings. The van der Waals surface area contributed by atoms with Crippen molar-refractivity contribution in [1.82, 2.24) is 0 Å². The number of anilines is 4. The van der Waals surface area contributed by atoms with E-state index in [0.29, 0.717) is 68.0 Å². The lowest BCUT2D eigenvalue weighted by atomic mass is 10.1. The van der Waals surface area contributed by atoms with E-state index in [2.05, 4.69) is 21.3 Å². The topological polar surface area (TPSA) is 259 Å². The van der Waals surface area contributed by atoms with Gasteiger partial charge < -0.3 is 59.2 Å². The second-order valence-electron chi connectivity index (χ2n) is 24.8. The third-order valence-electron chi connectivity index (χ3n) is 16.4. The van der Waals surface area contributed by atoms with Crippen molar-refractivity contribution in [2.45, 2.75) is 0 Å². The number of amides is 4. The van der Waals surface area contributed by atoms with Crippen molar-refractivity contribution in [3.8, 4) is 46.0 Å². The third-order valence-corrected chi connectivity index (χ3v) is 16.4. The van der Waals surface area contributed by atoms with Crippen molar-refractivity contribution < 1.29 is 76.3 Å². The van der Waals surface area contributed by atoms with E-state index in [4.69, 9.17) is 37.9 Å². The van der Waals surface area contributed by atoms with Crippen LogP contribution in [0.15, 0.2) is 340 Å². The Morgan fingerprint density at radius 1 is 0.216 bits per heavy atom. The molecule has 0 heterocycles. The summed E-state index contributed by atoms with van der Waals surface area (Å²) in [5, 5.41) is 11.0. The van der Waals surface area contributed by atoms with Crippen LogP contribution in [0.3, 0.4) is 0 Å². The molecule has 12 aromatic carbocycles. The number of rotatable bonds is 32. The first-order valence-corrected chi connectivity index (χ1v) is 36.3. The van der Waals surface area contributed by atoms with Crippen LogP contribution in [0, 0.1) is 0 Å². The Kier molecular flexibility index (Phi) is 33.7. The zero-order valence-electron chi connectivity index (χ0n) is 64.0. The van der Waals surface area contributed by atoms with Gasteiger partial charge in [0, 0.05) is 45.0 Å². The lowest BCUT2D eigenvalue weighted by Crippen LogP contribution is -2.20. The van der Waals surface area contributed by atoms with Gasteiger partial charge in [0.15, 0.2) is 49.6 Å². The molecule has 4 N–H and O–H groups in total. The van der Waals surface area contributed by atoms with Gasteiger partial charge in [0.05, 0.1) is 28.4 Å². The highest BCUT2D eigenvalue weighted by atomic mass is 16.5. The molecule has 116 heavy (non-hydrogen) atoms. The summed E-state index contributed by atoms with van der Waals surface area (Å²) < 4.78 is 42.4. The van der Waals surface area contributed by atoms with E-state index in [1.165, 1.54) is 24.3 Å². The fraction of sp³-hybridized carbons (Fsp3) is 0.0833. The molecule has 0 atom stereocenters. The predicted molar refractivity (Wildman–Crippen MR) is 453 cm³/mol. The summed E-state index contributed by atoms with van der Waals surface area (Å²) in [6.45, 7) is -0.414. The molecule has 0 aliphatic rings. The van der Waals surface area contributed by atoms with Gasteiger partial charge >= 0.3 is 0 Å². The molecule has 0 fully saturated rings. The molecule has 0 aliphatic heterocycles. The Morgan fingerprint density at radius 2 is 0.379 bits per heavy atom. The van der Waals surface area contributed by atoms with Crippen LogP contribution in [0.25, 0.3) is 24.3 Å². The molecule has 584 valence electrons. The van der Waals surface area contributed by atoms with Crippen LogP contribution in [0.5, 0.6) is 46.0 Å². The van der Waals surface area contributed by atoms with Crippen LogP contribution >= 0.6 is 0 Å². The molecular formula is C96H84N4O16. The lowest BCUT2D eigenvalue weighted by Gasteiger charge is -2.08. The van der Waals surface area contributed by atoms with Gasteiger partial charge in [0.2, 0.25) is 0 Å². The van der Waals surface area contributed by atoms with E-state index < -0.39 is 0 Å². The number of hydrogen-bond donors (Lipinski definition) is 4. The van der Waals surface area contributed by atoms with Gasteiger partial charge in [-0.3, -0.25) is 38.4 Å². The Balaban J connectivity index is 0.000000177. The van der Waals surface area contributed by atoms with Crippen molar-refractivity contribution in [1.29, 1.82) is 0 Å². The molecule has 0 aromatic heterocycles. The average molecular weight is 1550 g/mol. The van der Waals surface area contributed by atoms with Crippen molar-refractivity contribution in [3.63, 3.8) is 0 Å². The maximum Gasteiger partial charge on any atom is 0.262 e. The number of ketones is 4.